The highest BCUT2D eigenvalue weighted by molar-refractivity contribution is 5.13. The zero-order valence-corrected chi connectivity index (χ0v) is 10.4. The van der Waals surface area contributed by atoms with E-state index in [0.717, 1.165) is 36.8 Å². The average Bonchev–Trinajstić information content (AvgIpc) is 3.09. The smallest absolute Gasteiger partial charge is 0.186 e. The van der Waals surface area contributed by atoms with Gasteiger partial charge in [-0.05, 0) is 39.3 Å². The summed E-state index contributed by atoms with van der Waals surface area (Å²) >= 11 is 0. The first-order chi connectivity index (χ1) is 8.25. The molecule has 0 bridgehead atoms. The van der Waals surface area contributed by atoms with Gasteiger partial charge in [-0.2, -0.15) is 0 Å². The van der Waals surface area contributed by atoms with Gasteiger partial charge in [0, 0.05) is 36.1 Å². The molecule has 4 heteroatoms. The predicted octanol–water partition coefficient (Wildman–Crippen LogP) is 0.915. The molecule has 0 unspecified atom stereocenters. The second-order valence-corrected chi connectivity index (χ2v) is 4.76. The van der Waals surface area contributed by atoms with Crippen molar-refractivity contribution in [3.8, 4) is 0 Å². The minimum atomic E-state index is 0.116. The number of aromatic nitrogens is 1. The molecular formula is C13H21N3O. The number of pyridine rings is 1. The van der Waals surface area contributed by atoms with E-state index < -0.39 is 0 Å². The van der Waals surface area contributed by atoms with Gasteiger partial charge >= 0.3 is 0 Å². The molecule has 0 atom stereocenters. The van der Waals surface area contributed by atoms with Crippen LogP contribution >= 0.6 is 0 Å². The summed E-state index contributed by atoms with van der Waals surface area (Å²) in [6.07, 6.45) is 5.59. The summed E-state index contributed by atoms with van der Waals surface area (Å²) < 4.78 is 0. The predicted molar refractivity (Wildman–Crippen MR) is 69.1 cm³/mol. The molecule has 1 aromatic rings. The number of hydrogen-bond acceptors (Lipinski definition) is 3. The number of aryl methyl sites for hydroxylation is 1. The standard InChI is InChI=1S/C13H21N3O/c1-10-7-13(17)11(9-16-10)8-14-5-2-6-15-12-3-4-12/h7,9,12,14-15H,2-6,8H2,1H3,(H,16,17). The summed E-state index contributed by atoms with van der Waals surface area (Å²) in [5, 5.41) is 6.76. The van der Waals surface area contributed by atoms with Gasteiger partial charge in [-0.15, -0.1) is 0 Å². The summed E-state index contributed by atoms with van der Waals surface area (Å²) in [7, 11) is 0. The first-order valence-corrected chi connectivity index (χ1v) is 6.38. The fraction of sp³-hybridized carbons (Fsp3) is 0.615. The van der Waals surface area contributed by atoms with E-state index in [1.165, 1.54) is 12.8 Å². The molecule has 2 rings (SSSR count). The molecule has 1 aliphatic rings. The maximum Gasteiger partial charge on any atom is 0.186 e. The lowest BCUT2D eigenvalue weighted by atomic mass is 10.2. The fourth-order valence-corrected chi connectivity index (χ4v) is 1.77. The highest BCUT2D eigenvalue weighted by Gasteiger charge is 2.19. The minimum Gasteiger partial charge on any atom is -0.365 e. The van der Waals surface area contributed by atoms with E-state index in [1.54, 1.807) is 12.3 Å². The Morgan fingerprint density at radius 2 is 2.24 bits per heavy atom. The number of rotatable bonds is 7. The zero-order valence-electron chi connectivity index (χ0n) is 10.4. The van der Waals surface area contributed by atoms with Gasteiger partial charge in [0.15, 0.2) is 5.43 Å². The van der Waals surface area contributed by atoms with Crippen molar-refractivity contribution < 1.29 is 0 Å². The summed E-state index contributed by atoms with van der Waals surface area (Å²) in [4.78, 5) is 14.6. The van der Waals surface area contributed by atoms with Crippen LogP contribution in [-0.4, -0.2) is 24.1 Å². The number of hydrogen-bond donors (Lipinski definition) is 3. The van der Waals surface area contributed by atoms with Crippen molar-refractivity contribution in [1.82, 2.24) is 15.6 Å². The van der Waals surface area contributed by atoms with Crippen molar-refractivity contribution in [2.45, 2.75) is 38.8 Å². The highest BCUT2D eigenvalue weighted by atomic mass is 16.1. The van der Waals surface area contributed by atoms with E-state index in [0.29, 0.717) is 6.54 Å². The van der Waals surface area contributed by atoms with Crippen molar-refractivity contribution in [1.29, 1.82) is 0 Å². The van der Waals surface area contributed by atoms with Gasteiger partial charge < -0.3 is 15.6 Å². The van der Waals surface area contributed by atoms with Gasteiger partial charge in [0.25, 0.3) is 0 Å². The van der Waals surface area contributed by atoms with Gasteiger partial charge in [-0.25, -0.2) is 0 Å². The minimum absolute atomic E-state index is 0.116. The number of nitrogens with one attached hydrogen (secondary N) is 3. The van der Waals surface area contributed by atoms with Gasteiger partial charge in [-0.3, -0.25) is 4.79 Å². The molecule has 0 amide bonds. The number of H-pyrrole nitrogens is 1. The Balaban J connectivity index is 1.61. The van der Waals surface area contributed by atoms with Crippen LogP contribution in [0.2, 0.25) is 0 Å². The second-order valence-electron chi connectivity index (χ2n) is 4.76. The van der Waals surface area contributed by atoms with Crippen LogP contribution in [0.5, 0.6) is 0 Å². The van der Waals surface area contributed by atoms with Crippen molar-refractivity contribution >= 4 is 0 Å². The van der Waals surface area contributed by atoms with Crippen molar-refractivity contribution in [2.75, 3.05) is 13.1 Å². The van der Waals surface area contributed by atoms with Crippen LogP contribution < -0.4 is 16.1 Å². The second kappa shape index (κ2) is 5.98. The quantitative estimate of drug-likeness (QED) is 0.616. The number of aromatic amines is 1. The van der Waals surface area contributed by atoms with Crippen LogP contribution in [0.3, 0.4) is 0 Å². The molecule has 0 saturated heterocycles. The summed E-state index contributed by atoms with van der Waals surface area (Å²) in [5.41, 5.74) is 1.84. The Hall–Kier alpha value is -1.13. The van der Waals surface area contributed by atoms with Gasteiger partial charge in [0.05, 0.1) is 0 Å². The maximum atomic E-state index is 11.6. The average molecular weight is 235 g/mol. The van der Waals surface area contributed by atoms with Crippen LogP contribution in [0.15, 0.2) is 17.1 Å². The third-order valence-electron chi connectivity index (χ3n) is 2.99. The van der Waals surface area contributed by atoms with Gasteiger partial charge in [0.1, 0.15) is 0 Å². The molecule has 4 nitrogen and oxygen atoms in total. The summed E-state index contributed by atoms with van der Waals surface area (Å²) in [6.45, 7) is 4.57. The molecule has 1 fully saturated rings. The van der Waals surface area contributed by atoms with E-state index >= 15 is 0 Å². The molecular weight excluding hydrogens is 214 g/mol. The van der Waals surface area contributed by atoms with E-state index in [9.17, 15) is 4.79 Å². The molecule has 1 heterocycles. The molecule has 0 radical (unpaired) electrons. The maximum absolute atomic E-state index is 11.6. The topological polar surface area (TPSA) is 56.9 Å². The van der Waals surface area contributed by atoms with E-state index in [4.69, 9.17) is 0 Å². The van der Waals surface area contributed by atoms with Crippen LogP contribution in [0.25, 0.3) is 0 Å². The van der Waals surface area contributed by atoms with E-state index in [-0.39, 0.29) is 5.43 Å². The molecule has 1 aliphatic carbocycles. The van der Waals surface area contributed by atoms with Crippen molar-refractivity contribution in [3.63, 3.8) is 0 Å². The molecule has 0 spiro atoms. The largest absolute Gasteiger partial charge is 0.365 e. The lowest BCUT2D eigenvalue weighted by molar-refractivity contribution is 0.592. The van der Waals surface area contributed by atoms with E-state index in [1.807, 2.05) is 6.92 Å². The highest BCUT2D eigenvalue weighted by Crippen LogP contribution is 2.18. The first-order valence-electron chi connectivity index (χ1n) is 6.38. The summed E-state index contributed by atoms with van der Waals surface area (Å²) in [6, 6.07) is 2.43. The lowest BCUT2D eigenvalue weighted by Gasteiger charge is -2.05. The van der Waals surface area contributed by atoms with E-state index in [2.05, 4.69) is 15.6 Å². The molecule has 3 N–H and O–H groups in total. The SMILES string of the molecule is Cc1cc(=O)c(CNCCCNC2CC2)c[nH]1. The molecule has 0 aliphatic heterocycles. The van der Waals surface area contributed by atoms with Crippen molar-refractivity contribution in [3.05, 3.63) is 33.7 Å². The zero-order chi connectivity index (χ0) is 12.1. The van der Waals surface area contributed by atoms with Crippen LogP contribution in [0.4, 0.5) is 0 Å². The van der Waals surface area contributed by atoms with Crippen LogP contribution in [-0.2, 0) is 6.54 Å². The third-order valence-corrected chi connectivity index (χ3v) is 2.99. The fourth-order valence-electron chi connectivity index (χ4n) is 1.77. The Bertz CT molecular complexity index is 409. The van der Waals surface area contributed by atoms with Crippen LogP contribution in [0, 0.1) is 6.92 Å². The molecule has 17 heavy (non-hydrogen) atoms. The van der Waals surface area contributed by atoms with Gasteiger partial charge in [-0.1, -0.05) is 0 Å². The Kier molecular flexibility index (Phi) is 4.34. The Morgan fingerprint density at radius 3 is 2.94 bits per heavy atom. The lowest BCUT2D eigenvalue weighted by Crippen LogP contribution is -2.25. The molecule has 94 valence electrons. The molecule has 1 aromatic heterocycles. The first kappa shape index (κ1) is 12.3. The van der Waals surface area contributed by atoms with Crippen molar-refractivity contribution in [2.24, 2.45) is 0 Å². The normalized spacial score (nSPS) is 15.1. The molecule has 1 saturated carbocycles. The Labute approximate surface area is 102 Å². The monoisotopic (exact) mass is 235 g/mol. The third kappa shape index (κ3) is 4.32. The Morgan fingerprint density at radius 1 is 1.41 bits per heavy atom. The molecule has 0 aromatic carbocycles. The van der Waals surface area contributed by atoms with Crippen LogP contribution in [0.1, 0.15) is 30.5 Å². The summed E-state index contributed by atoms with van der Waals surface area (Å²) in [5.74, 6) is 0. The van der Waals surface area contributed by atoms with Gasteiger partial charge in [0.2, 0.25) is 0 Å².